The Labute approximate surface area is 167 Å². The topological polar surface area (TPSA) is 63.8 Å². The molecule has 0 unspecified atom stereocenters. The molecular weight excluding hydrogens is 372 g/mol. The number of carbonyl (C=O) groups is 1. The molecule has 6 heteroatoms. The maximum absolute atomic E-state index is 10.7. The van der Waals surface area contributed by atoms with Crippen LogP contribution in [0.4, 0.5) is 0 Å². The average molecular weight is 394 g/mol. The highest BCUT2D eigenvalue weighted by Crippen LogP contribution is 2.31. The van der Waals surface area contributed by atoms with Crippen LogP contribution in [0.2, 0.25) is 0 Å². The van der Waals surface area contributed by atoms with Crippen molar-refractivity contribution in [2.75, 3.05) is 6.61 Å². The predicted octanol–water partition coefficient (Wildman–Crippen LogP) is 4.75. The molecule has 0 amide bonds. The molecule has 0 atom stereocenters. The summed E-state index contributed by atoms with van der Waals surface area (Å²) < 4.78 is 9.03. The van der Waals surface area contributed by atoms with E-state index in [4.69, 9.17) is 14.8 Å². The highest BCUT2D eigenvalue weighted by molar-refractivity contribution is 7.17. The van der Waals surface area contributed by atoms with Gasteiger partial charge in [-0.1, -0.05) is 18.2 Å². The van der Waals surface area contributed by atoms with E-state index in [-0.39, 0.29) is 13.0 Å². The molecule has 0 aliphatic rings. The molecule has 3 aromatic heterocycles. The molecule has 0 bridgehead atoms. The second-order valence-corrected chi connectivity index (χ2v) is 7.93. The van der Waals surface area contributed by atoms with Crippen LogP contribution < -0.4 is 0 Å². The van der Waals surface area contributed by atoms with E-state index in [1.54, 1.807) is 11.3 Å². The number of ether oxygens (including phenoxy) is 1. The maximum atomic E-state index is 10.7. The molecule has 4 rings (SSSR count). The molecule has 3 heterocycles. The quantitative estimate of drug-likeness (QED) is 0.460. The summed E-state index contributed by atoms with van der Waals surface area (Å²) in [6.07, 6.45) is 2.85. The van der Waals surface area contributed by atoms with Crippen molar-refractivity contribution in [3.63, 3.8) is 0 Å². The van der Waals surface area contributed by atoms with Crippen LogP contribution in [-0.2, 0) is 22.6 Å². The van der Waals surface area contributed by atoms with Crippen molar-refractivity contribution in [3.05, 3.63) is 70.0 Å². The van der Waals surface area contributed by atoms with Crippen LogP contribution in [-0.4, -0.2) is 27.1 Å². The number of carboxylic acid groups (broad SMARTS) is 1. The van der Waals surface area contributed by atoms with Crippen LogP contribution in [0.15, 0.2) is 41.9 Å². The fraction of sp³-hybridized carbons (Fsp3) is 0.273. The normalized spacial score (nSPS) is 11.5. The molecule has 0 spiro atoms. The van der Waals surface area contributed by atoms with Crippen LogP contribution in [0, 0.1) is 13.8 Å². The largest absolute Gasteiger partial charge is 0.481 e. The Morgan fingerprint density at radius 1 is 1.25 bits per heavy atom. The van der Waals surface area contributed by atoms with Gasteiger partial charge in [0, 0.05) is 17.3 Å². The van der Waals surface area contributed by atoms with Gasteiger partial charge in [-0.15, -0.1) is 11.3 Å². The van der Waals surface area contributed by atoms with E-state index in [9.17, 15) is 4.79 Å². The van der Waals surface area contributed by atoms with E-state index < -0.39 is 5.97 Å². The zero-order valence-electron chi connectivity index (χ0n) is 15.9. The number of aryl methyl sites for hydroxylation is 2. The zero-order chi connectivity index (χ0) is 19.7. The Kier molecular flexibility index (Phi) is 5.15. The first kappa shape index (κ1) is 18.7. The Bertz CT molecular complexity index is 1160. The lowest BCUT2D eigenvalue weighted by Crippen LogP contribution is -2.05. The van der Waals surface area contributed by atoms with Crippen LogP contribution in [0.3, 0.4) is 0 Å². The first-order valence-corrected chi connectivity index (χ1v) is 10.1. The number of fused-ring (bicyclic) bond motifs is 2. The minimum Gasteiger partial charge on any atom is -0.481 e. The molecule has 1 aromatic carbocycles. The van der Waals surface area contributed by atoms with E-state index in [0.29, 0.717) is 6.61 Å². The molecule has 0 aliphatic carbocycles. The molecule has 144 valence electrons. The van der Waals surface area contributed by atoms with Crippen molar-refractivity contribution in [3.8, 4) is 0 Å². The van der Waals surface area contributed by atoms with E-state index in [0.717, 1.165) is 29.0 Å². The number of thiophene rings is 1. The predicted molar refractivity (Wildman–Crippen MR) is 111 cm³/mol. The Morgan fingerprint density at radius 3 is 2.93 bits per heavy atom. The third-order valence-corrected chi connectivity index (χ3v) is 5.89. The molecule has 0 radical (unpaired) electrons. The van der Waals surface area contributed by atoms with Crippen LogP contribution in [0.1, 0.15) is 34.5 Å². The number of pyridine rings is 1. The van der Waals surface area contributed by atoms with Gasteiger partial charge in [0.25, 0.3) is 0 Å². The summed E-state index contributed by atoms with van der Waals surface area (Å²) in [5, 5.41) is 12.3. The SMILES string of the molecule is Cc1ccc2nc(COCCC(=O)O)c(Cc3csc4cccc(C)c34)n2c1. The molecular formula is C22H22N2O3S. The minimum atomic E-state index is -0.855. The number of hydrogen-bond donors (Lipinski definition) is 1. The molecule has 28 heavy (non-hydrogen) atoms. The number of aliphatic carboxylic acids is 1. The van der Waals surface area contributed by atoms with Gasteiger partial charge in [0.15, 0.2) is 0 Å². The summed E-state index contributed by atoms with van der Waals surface area (Å²) >= 11 is 1.76. The van der Waals surface area contributed by atoms with Crippen molar-refractivity contribution in [2.24, 2.45) is 0 Å². The molecule has 0 saturated heterocycles. The molecule has 0 fully saturated rings. The number of rotatable bonds is 7. The smallest absolute Gasteiger partial charge is 0.305 e. The molecule has 0 aliphatic heterocycles. The number of benzene rings is 1. The van der Waals surface area contributed by atoms with Gasteiger partial charge in [0.2, 0.25) is 0 Å². The summed E-state index contributed by atoms with van der Waals surface area (Å²) in [5.74, 6) is -0.855. The first-order valence-electron chi connectivity index (χ1n) is 9.24. The monoisotopic (exact) mass is 394 g/mol. The van der Waals surface area contributed by atoms with E-state index in [1.807, 2.05) is 12.1 Å². The van der Waals surface area contributed by atoms with Gasteiger partial charge in [-0.3, -0.25) is 4.79 Å². The second-order valence-electron chi connectivity index (χ2n) is 7.02. The number of hydrogen-bond acceptors (Lipinski definition) is 4. The third kappa shape index (κ3) is 3.66. The summed E-state index contributed by atoms with van der Waals surface area (Å²) in [6.45, 7) is 4.70. The number of aromatic nitrogens is 2. The van der Waals surface area contributed by atoms with Gasteiger partial charge in [0.1, 0.15) is 5.65 Å². The summed E-state index contributed by atoms with van der Waals surface area (Å²) in [4.78, 5) is 15.5. The fourth-order valence-electron chi connectivity index (χ4n) is 3.53. The van der Waals surface area contributed by atoms with Gasteiger partial charge >= 0.3 is 5.97 Å². The molecule has 4 aromatic rings. The lowest BCUT2D eigenvalue weighted by atomic mass is 10.0. The lowest BCUT2D eigenvalue weighted by molar-refractivity contribution is -0.138. The maximum Gasteiger partial charge on any atom is 0.305 e. The average Bonchev–Trinajstić information content (AvgIpc) is 3.22. The van der Waals surface area contributed by atoms with Crippen molar-refractivity contribution >= 4 is 33.0 Å². The van der Waals surface area contributed by atoms with Crippen LogP contribution >= 0.6 is 11.3 Å². The zero-order valence-corrected chi connectivity index (χ0v) is 16.8. The number of imidazole rings is 1. The standard InChI is InChI=1S/C22H22N2O3S/c1-14-6-7-20-23-17(12-27-9-8-21(25)26)18(24(20)11-14)10-16-13-28-19-5-3-4-15(2)22(16)19/h3-7,11,13H,8-10,12H2,1-2H3,(H,25,26). The van der Waals surface area contributed by atoms with Crippen LogP contribution in [0.5, 0.6) is 0 Å². The van der Waals surface area contributed by atoms with Crippen molar-refractivity contribution in [1.29, 1.82) is 0 Å². The van der Waals surface area contributed by atoms with E-state index in [2.05, 4.69) is 48.0 Å². The van der Waals surface area contributed by atoms with Crippen molar-refractivity contribution in [1.82, 2.24) is 9.38 Å². The number of nitrogens with zero attached hydrogens (tertiary/aromatic N) is 2. The van der Waals surface area contributed by atoms with E-state index >= 15 is 0 Å². The molecule has 1 N–H and O–H groups in total. The highest BCUT2D eigenvalue weighted by atomic mass is 32.1. The van der Waals surface area contributed by atoms with Crippen LogP contribution in [0.25, 0.3) is 15.7 Å². The third-order valence-electron chi connectivity index (χ3n) is 4.89. The van der Waals surface area contributed by atoms with Gasteiger partial charge < -0.3 is 14.2 Å². The van der Waals surface area contributed by atoms with Gasteiger partial charge in [0.05, 0.1) is 31.0 Å². The Balaban J connectivity index is 1.72. The summed E-state index contributed by atoms with van der Waals surface area (Å²) in [7, 11) is 0. The Hall–Kier alpha value is -2.70. The van der Waals surface area contributed by atoms with Crippen molar-refractivity contribution in [2.45, 2.75) is 33.3 Å². The Morgan fingerprint density at radius 2 is 2.11 bits per heavy atom. The van der Waals surface area contributed by atoms with E-state index in [1.165, 1.54) is 21.2 Å². The fourth-order valence-corrected chi connectivity index (χ4v) is 4.57. The summed E-state index contributed by atoms with van der Waals surface area (Å²) in [5.41, 5.74) is 6.57. The van der Waals surface area contributed by atoms with Gasteiger partial charge in [-0.2, -0.15) is 0 Å². The molecule has 5 nitrogen and oxygen atoms in total. The van der Waals surface area contributed by atoms with Crippen molar-refractivity contribution < 1.29 is 14.6 Å². The molecule has 0 saturated carbocycles. The summed E-state index contributed by atoms with van der Waals surface area (Å²) in [6, 6.07) is 10.5. The van der Waals surface area contributed by atoms with Gasteiger partial charge in [-0.25, -0.2) is 4.98 Å². The highest BCUT2D eigenvalue weighted by Gasteiger charge is 2.16. The van der Waals surface area contributed by atoms with Gasteiger partial charge in [-0.05, 0) is 53.4 Å². The minimum absolute atomic E-state index is 0.00379. The first-order chi connectivity index (χ1) is 13.5. The number of carboxylic acids is 1. The lowest BCUT2D eigenvalue weighted by Gasteiger charge is -2.07. The second kappa shape index (κ2) is 7.73.